The number of nitrogens with one attached hydrogen (secondary N) is 1. The van der Waals surface area contributed by atoms with Gasteiger partial charge in [-0.1, -0.05) is 6.92 Å². The molecule has 0 atom stereocenters. The first kappa shape index (κ1) is 13.1. The van der Waals surface area contributed by atoms with Gasteiger partial charge in [-0.2, -0.15) is 5.10 Å². The van der Waals surface area contributed by atoms with Gasteiger partial charge in [-0.05, 0) is 42.3 Å². The molecule has 0 saturated carbocycles. The summed E-state index contributed by atoms with van der Waals surface area (Å²) in [6.45, 7) is 7.10. The summed E-state index contributed by atoms with van der Waals surface area (Å²) in [7, 11) is 0. The molecule has 4 nitrogen and oxygen atoms in total. The van der Waals surface area contributed by atoms with Crippen LogP contribution in [0.2, 0.25) is 0 Å². The molecule has 2 aromatic heterocycles. The minimum absolute atomic E-state index is 0.887. The van der Waals surface area contributed by atoms with Gasteiger partial charge in [-0.25, -0.2) is 9.67 Å². The van der Waals surface area contributed by atoms with E-state index in [-0.39, 0.29) is 0 Å². The highest BCUT2D eigenvalue weighted by atomic mass is 79.9. The van der Waals surface area contributed by atoms with E-state index >= 15 is 0 Å². The highest BCUT2D eigenvalue weighted by Gasteiger charge is 2.10. The Morgan fingerprint density at radius 1 is 1.39 bits per heavy atom. The molecule has 0 aromatic carbocycles. The second-order valence-electron chi connectivity index (χ2n) is 4.22. The van der Waals surface area contributed by atoms with Crippen molar-refractivity contribution in [3.05, 3.63) is 34.2 Å². The molecule has 0 bridgehead atoms. The lowest BCUT2D eigenvalue weighted by atomic mass is 10.3. The van der Waals surface area contributed by atoms with Crippen LogP contribution in [0.4, 0.5) is 5.82 Å². The minimum Gasteiger partial charge on any atom is -0.370 e. The van der Waals surface area contributed by atoms with Crippen molar-refractivity contribution in [3.63, 3.8) is 0 Å². The first-order valence-electron chi connectivity index (χ1n) is 6.05. The molecule has 5 heteroatoms. The van der Waals surface area contributed by atoms with E-state index in [9.17, 15) is 0 Å². The van der Waals surface area contributed by atoms with Gasteiger partial charge in [0.05, 0.1) is 21.5 Å². The van der Waals surface area contributed by atoms with Crippen LogP contribution in [0.1, 0.15) is 24.7 Å². The lowest BCUT2D eigenvalue weighted by Gasteiger charge is -2.07. The molecule has 0 fully saturated rings. The van der Waals surface area contributed by atoms with E-state index in [0.717, 1.165) is 40.3 Å². The third-order valence-electron chi connectivity index (χ3n) is 2.75. The molecule has 0 amide bonds. The Kier molecular flexibility index (Phi) is 4.01. The van der Waals surface area contributed by atoms with Crippen LogP contribution >= 0.6 is 15.9 Å². The van der Waals surface area contributed by atoms with Crippen molar-refractivity contribution in [2.24, 2.45) is 0 Å². The van der Waals surface area contributed by atoms with Crippen molar-refractivity contribution in [2.45, 2.75) is 27.2 Å². The van der Waals surface area contributed by atoms with Crippen molar-refractivity contribution in [1.82, 2.24) is 14.8 Å². The summed E-state index contributed by atoms with van der Waals surface area (Å²) in [6, 6.07) is 3.98. The van der Waals surface area contributed by atoms with Crippen LogP contribution in [0.3, 0.4) is 0 Å². The molecule has 0 aliphatic rings. The number of halogens is 1. The standard InChI is InChI=1S/C13H17BrN4/c1-4-6-15-12-8-11(5-7-16-12)18-10(3)13(14)9(2)17-18/h5,7-8H,4,6H2,1-3H3,(H,15,16). The van der Waals surface area contributed by atoms with E-state index in [2.05, 4.69) is 38.3 Å². The Morgan fingerprint density at radius 2 is 2.17 bits per heavy atom. The minimum atomic E-state index is 0.887. The van der Waals surface area contributed by atoms with Gasteiger partial charge in [-0.15, -0.1) is 0 Å². The first-order chi connectivity index (χ1) is 8.63. The van der Waals surface area contributed by atoms with Crippen molar-refractivity contribution in [3.8, 4) is 5.69 Å². The third kappa shape index (κ3) is 2.56. The highest BCUT2D eigenvalue weighted by molar-refractivity contribution is 9.10. The maximum Gasteiger partial charge on any atom is 0.128 e. The molecule has 0 aliphatic heterocycles. The summed E-state index contributed by atoms with van der Waals surface area (Å²) in [5.74, 6) is 0.887. The van der Waals surface area contributed by atoms with Gasteiger partial charge in [0, 0.05) is 18.8 Å². The maximum atomic E-state index is 4.52. The van der Waals surface area contributed by atoms with Crippen LogP contribution in [-0.2, 0) is 0 Å². The van der Waals surface area contributed by atoms with E-state index in [1.807, 2.05) is 30.7 Å². The average molecular weight is 309 g/mol. The zero-order valence-electron chi connectivity index (χ0n) is 10.9. The molecule has 0 saturated heterocycles. The zero-order valence-corrected chi connectivity index (χ0v) is 12.5. The predicted octanol–water partition coefficient (Wildman–Crippen LogP) is 3.47. The SMILES string of the molecule is CCCNc1cc(-n2nc(C)c(Br)c2C)ccn1. The maximum absolute atomic E-state index is 4.52. The number of hydrogen-bond donors (Lipinski definition) is 1. The molecule has 2 rings (SSSR count). The second-order valence-corrected chi connectivity index (χ2v) is 5.02. The molecule has 18 heavy (non-hydrogen) atoms. The average Bonchev–Trinajstić information content (AvgIpc) is 2.64. The molecule has 0 aliphatic carbocycles. The summed E-state index contributed by atoms with van der Waals surface area (Å²) in [5, 5.41) is 7.80. The Bertz CT molecular complexity index is 548. The van der Waals surface area contributed by atoms with Crippen molar-refractivity contribution in [1.29, 1.82) is 0 Å². The topological polar surface area (TPSA) is 42.7 Å². The summed E-state index contributed by atoms with van der Waals surface area (Å²) < 4.78 is 2.99. The summed E-state index contributed by atoms with van der Waals surface area (Å²) in [5.41, 5.74) is 3.11. The Labute approximate surface area is 116 Å². The van der Waals surface area contributed by atoms with E-state index in [1.54, 1.807) is 6.20 Å². The highest BCUT2D eigenvalue weighted by Crippen LogP contribution is 2.23. The van der Waals surface area contributed by atoms with Crippen LogP contribution in [0.5, 0.6) is 0 Å². The summed E-state index contributed by atoms with van der Waals surface area (Å²) >= 11 is 3.54. The summed E-state index contributed by atoms with van der Waals surface area (Å²) in [4.78, 5) is 4.30. The third-order valence-corrected chi connectivity index (χ3v) is 3.89. The smallest absolute Gasteiger partial charge is 0.128 e. The van der Waals surface area contributed by atoms with Crippen molar-refractivity contribution in [2.75, 3.05) is 11.9 Å². The number of rotatable bonds is 4. The van der Waals surface area contributed by atoms with Crippen LogP contribution in [0, 0.1) is 13.8 Å². The Balaban J connectivity index is 2.35. The van der Waals surface area contributed by atoms with Gasteiger partial charge >= 0.3 is 0 Å². The number of aryl methyl sites for hydroxylation is 1. The fraction of sp³-hybridized carbons (Fsp3) is 0.385. The molecule has 2 aromatic rings. The second kappa shape index (κ2) is 5.52. The quantitative estimate of drug-likeness (QED) is 0.940. The number of hydrogen-bond acceptors (Lipinski definition) is 3. The largest absolute Gasteiger partial charge is 0.370 e. The number of anilines is 1. The van der Waals surface area contributed by atoms with Crippen LogP contribution in [0.15, 0.2) is 22.8 Å². The lowest BCUT2D eigenvalue weighted by molar-refractivity contribution is 0.831. The zero-order chi connectivity index (χ0) is 13.1. The van der Waals surface area contributed by atoms with Gasteiger partial charge in [0.15, 0.2) is 0 Å². The van der Waals surface area contributed by atoms with E-state index in [0.29, 0.717) is 0 Å². The fourth-order valence-corrected chi connectivity index (χ4v) is 2.02. The van der Waals surface area contributed by atoms with E-state index in [4.69, 9.17) is 0 Å². The molecule has 0 spiro atoms. The Hall–Kier alpha value is -1.36. The number of aromatic nitrogens is 3. The van der Waals surface area contributed by atoms with Gasteiger partial charge < -0.3 is 5.32 Å². The summed E-state index contributed by atoms with van der Waals surface area (Å²) in [6.07, 6.45) is 2.88. The monoisotopic (exact) mass is 308 g/mol. The normalized spacial score (nSPS) is 10.7. The predicted molar refractivity (Wildman–Crippen MR) is 77.3 cm³/mol. The van der Waals surface area contributed by atoms with E-state index in [1.165, 1.54) is 0 Å². The molecule has 96 valence electrons. The van der Waals surface area contributed by atoms with E-state index < -0.39 is 0 Å². The van der Waals surface area contributed by atoms with Gasteiger partial charge in [0.1, 0.15) is 5.82 Å². The van der Waals surface area contributed by atoms with Crippen LogP contribution < -0.4 is 5.32 Å². The fourth-order valence-electron chi connectivity index (χ4n) is 1.78. The molecule has 2 heterocycles. The number of nitrogens with zero attached hydrogens (tertiary/aromatic N) is 3. The lowest BCUT2D eigenvalue weighted by Crippen LogP contribution is -2.04. The van der Waals surface area contributed by atoms with Gasteiger partial charge in [0.2, 0.25) is 0 Å². The molecule has 1 N–H and O–H groups in total. The number of pyridine rings is 1. The van der Waals surface area contributed by atoms with Gasteiger partial charge in [0.25, 0.3) is 0 Å². The molecular weight excluding hydrogens is 292 g/mol. The Morgan fingerprint density at radius 3 is 2.78 bits per heavy atom. The van der Waals surface area contributed by atoms with Crippen molar-refractivity contribution < 1.29 is 0 Å². The molecular formula is C13H17BrN4. The molecule has 0 unspecified atom stereocenters. The first-order valence-corrected chi connectivity index (χ1v) is 6.84. The van der Waals surface area contributed by atoms with Crippen molar-refractivity contribution >= 4 is 21.7 Å². The van der Waals surface area contributed by atoms with Crippen LogP contribution in [0.25, 0.3) is 5.69 Å². The van der Waals surface area contributed by atoms with Gasteiger partial charge in [-0.3, -0.25) is 0 Å². The molecule has 0 radical (unpaired) electrons. The van der Waals surface area contributed by atoms with Crippen LogP contribution in [-0.4, -0.2) is 21.3 Å².